The summed E-state index contributed by atoms with van der Waals surface area (Å²) >= 11 is 0. The standard InChI is InChI=1S/C10H19O6P/c1-3-5-6-7-9(16-10(11)4-2)8-15-17(12,13)14/h4,9H,2-3,5-8H2,1H3,(H2,12,13,14). The third-order valence-electron chi connectivity index (χ3n) is 2.01. The first-order chi connectivity index (χ1) is 7.89. The van der Waals surface area contributed by atoms with Gasteiger partial charge < -0.3 is 14.5 Å². The average Bonchev–Trinajstić information content (AvgIpc) is 2.24. The average molecular weight is 266 g/mol. The number of phosphoric acid groups is 1. The number of rotatable bonds is 9. The van der Waals surface area contributed by atoms with Crippen LogP contribution < -0.4 is 0 Å². The third kappa shape index (κ3) is 10.2. The van der Waals surface area contributed by atoms with Crippen molar-refractivity contribution in [2.75, 3.05) is 6.61 Å². The number of ether oxygens (including phenoxy) is 1. The molecule has 0 spiro atoms. The fraction of sp³-hybridized carbons (Fsp3) is 0.700. The Morgan fingerprint density at radius 3 is 2.59 bits per heavy atom. The molecule has 17 heavy (non-hydrogen) atoms. The minimum absolute atomic E-state index is 0.312. The molecule has 0 radical (unpaired) electrons. The van der Waals surface area contributed by atoms with Crippen LogP contribution in [-0.4, -0.2) is 28.5 Å². The van der Waals surface area contributed by atoms with Crippen LogP contribution >= 0.6 is 7.82 Å². The van der Waals surface area contributed by atoms with Crippen LogP contribution in [0.3, 0.4) is 0 Å². The molecule has 0 fully saturated rings. The Morgan fingerprint density at radius 1 is 1.47 bits per heavy atom. The van der Waals surface area contributed by atoms with Crippen molar-refractivity contribution in [3.05, 3.63) is 12.7 Å². The Bertz CT molecular complexity index is 285. The molecule has 0 heterocycles. The maximum absolute atomic E-state index is 11.0. The highest BCUT2D eigenvalue weighted by Gasteiger charge is 2.20. The van der Waals surface area contributed by atoms with Gasteiger partial charge in [-0.05, 0) is 12.8 Å². The molecule has 0 aliphatic carbocycles. The Labute approximate surface area is 101 Å². The van der Waals surface area contributed by atoms with Gasteiger partial charge in [0, 0.05) is 6.08 Å². The van der Waals surface area contributed by atoms with Gasteiger partial charge in [0.2, 0.25) is 0 Å². The number of unbranched alkanes of at least 4 members (excludes halogenated alkanes) is 2. The monoisotopic (exact) mass is 266 g/mol. The Balaban J connectivity index is 4.14. The van der Waals surface area contributed by atoms with Crippen LogP contribution in [-0.2, 0) is 18.6 Å². The second-order valence-electron chi connectivity index (χ2n) is 3.55. The molecule has 6 nitrogen and oxygen atoms in total. The molecule has 0 bridgehead atoms. The van der Waals surface area contributed by atoms with Gasteiger partial charge in [0.25, 0.3) is 0 Å². The highest BCUT2D eigenvalue weighted by molar-refractivity contribution is 7.46. The molecule has 0 aliphatic heterocycles. The lowest BCUT2D eigenvalue weighted by molar-refractivity contribution is -0.145. The molecular weight excluding hydrogens is 247 g/mol. The molecule has 7 heteroatoms. The molecule has 0 saturated carbocycles. The van der Waals surface area contributed by atoms with Gasteiger partial charge in [0.1, 0.15) is 6.10 Å². The maximum atomic E-state index is 11.0. The summed E-state index contributed by atoms with van der Waals surface area (Å²) in [5.74, 6) is -0.624. The number of hydrogen-bond donors (Lipinski definition) is 2. The molecule has 0 aromatic carbocycles. The first kappa shape index (κ1) is 16.3. The summed E-state index contributed by atoms with van der Waals surface area (Å²) in [7, 11) is -4.53. The molecular formula is C10H19O6P. The number of esters is 1. The molecule has 0 saturated heterocycles. The van der Waals surface area contributed by atoms with Crippen LogP contribution in [0.4, 0.5) is 0 Å². The largest absolute Gasteiger partial charge is 0.469 e. The molecule has 0 aliphatic rings. The van der Waals surface area contributed by atoms with Crippen LogP contribution in [0, 0.1) is 0 Å². The van der Waals surface area contributed by atoms with Crippen molar-refractivity contribution in [1.82, 2.24) is 0 Å². The Kier molecular flexibility index (Phi) is 8.08. The highest BCUT2D eigenvalue weighted by atomic mass is 31.2. The SMILES string of the molecule is C=CC(=O)OC(CCCCC)COP(=O)(O)O. The van der Waals surface area contributed by atoms with Gasteiger partial charge in [-0.25, -0.2) is 9.36 Å². The summed E-state index contributed by atoms with van der Waals surface area (Å²) in [5.41, 5.74) is 0. The van der Waals surface area contributed by atoms with Gasteiger partial charge >= 0.3 is 13.8 Å². The zero-order valence-corrected chi connectivity index (χ0v) is 10.8. The topological polar surface area (TPSA) is 93.1 Å². The van der Waals surface area contributed by atoms with E-state index in [-0.39, 0.29) is 6.61 Å². The van der Waals surface area contributed by atoms with E-state index in [1.165, 1.54) is 0 Å². The van der Waals surface area contributed by atoms with Crippen molar-refractivity contribution < 1.29 is 28.4 Å². The molecule has 0 aromatic rings. The zero-order chi connectivity index (χ0) is 13.3. The van der Waals surface area contributed by atoms with Gasteiger partial charge in [0.05, 0.1) is 6.61 Å². The Hall–Kier alpha value is -0.680. The molecule has 100 valence electrons. The molecule has 0 rings (SSSR count). The first-order valence-electron chi connectivity index (χ1n) is 5.42. The minimum atomic E-state index is -4.53. The lowest BCUT2D eigenvalue weighted by Gasteiger charge is -2.17. The summed E-state index contributed by atoms with van der Waals surface area (Å²) in [5, 5.41) is 0. The van der Waals surface area contributed by atoms with Crippen molar-refractivity contribution in [3.8, 4) is 0 Å². The normalized spacial score (nSPS) is 13.1. The number of carbonyl (C=O) groups excluding carboxylic acids is 1. The molecule has 2 N–H and O–H groups in total. The second kappa shape index (κ2) is 8.42. The number of carbonyl (C=O) groups is 1. The quantitative estimate of drug-likeness (QED) is 0.286. The molecule has 1 unspecified atom stereocenters. The highest BCUT2D eigenvalue weighted by Crippen LogP contribution is 2.36. The van der Waals surface area contributed by atoms with Gasteiger partial charge in [-0.15, -0.1) is 0 Å². The summed E-state index contributed by atoms with van der Waals surface area (Å²) in [6.07, 6.45) is 3.62. The smallest absolute Gasteiger partial charge is 0.457 e. The van der Waals surface area contributed by atoms with E-state index in [4.69, 9.17) is 14.5 Å². The predicted octanol–water partition coefficient (Wildman–Crippen LogP) is 1.77. The van der Waals surface area contributed by atoms with Crippen LogP contribution in [0.5, 0.6) is 0 Å². The van der Waals surface area contributed by atoms with Gasteiger partial charge in [-0.2, -0.15) is 0 Å². The summed E-state index contributed by atoms with van der Waals surface area (Å²) in [6, 6.07) is 0. The van der Waals surface area contributed by atoms with E-state index < -0.39 is 19.9 Å². The lowest BCUT2D eigenvalue weighted by atomic mass is 10.1. The summed E-state index contributed by atoms with van der Waals surface area (Å²) < 4.78 is 19.8. The van der Waals surface area contributed by atoms with E-state index in [1.54, 1.807) is 0 Å². The van der Waals surface area contributed by atoms with Crippen molar-refractivity contribution in [2.45, 2.75) is 38.7 Å². The van der Waals surface area contributed by atoms with E-state index in [0.717, 1.165) is 25.3 Å². The first-order valence-corrected chi connectivity index (χ1v) is 6.95. The lowest BCUT2D eigenvalue weighted by Crippen LogP contribution is -2.22. The fourth-order valence-corrected chi connectivity index (χ4v) is 1.55. The number of phosphoric ester groups is 1. The van der Waals surface area contributed by atoms with E-state index in [0.29, 0.717) is 6.42 Å². The van der Waals surface area contributed by atoms with Crippen molar-refractivity contribution >= 4 is 13.8 Å². The molecule has 0 amide bonds. The van der Waals surface area contributed by atoms with E-state index in [1.807, 2.05) is 6.92 Å². The predicted molar refractivity (Wildman–Crippen MR) is 62.2 cm³/mol. The second-order valence-corrected chi connectivity index (χ2v) is 4.78. The minimum Gasteiger partial charge on any atom is -0.457 e. The van der Waals surface area contributed by atoms with Crippen LogP contribution in [0.1, 0.15) is 32.6 Å². The van der Waals surface area contributed by atoms with Gasteiger partial charge in [0.15, 0.2) is 0 Å². The molecule has 0 aromatic heterocycles. The summed E-state index contributed by atoms with van der Waals surface area (Å²) in [6.45, 7) is 4.96. The van der Waals surface area contributed by atoms with E-state index in [2.05, 4.69) is 11.1 Å². The van der Waals surface area contributed by atoms with E-state index in [9.17, 15) is 9.36 Å². The van der Waals surface area contributed by atoms with Crippen LogP contribution in [0.2, 0.25) is 0 Å². The van der Waals surface area contributed by atoms with Gasteiger partial charge in [-0.1, -0.05) is 26.3 Å². The van der Waals surface area contributed by atoms with E-state index >= 15 is 0 Å². The summed E-state index contributed by atoms with van der Waals surface area (Å²) in [4.78, 5) is 28.1. The van der Waals surface area contributed by atoms with Crippen molar-refractivity contribution in [1.29, 1.82) is 0 Å². The van der Waals surface area contributed by atoms with Crippen molar-refractivity contribution in [2.24, 2.45) is 0 Å². The Morgan fingerprint density at radius 2 is 2.12 bits per heavy atom. The van der Waals surface area contributed by atoms with Gasteiger partial charge in [-0.3, -0.25) is 4.52 Å². The maximum Gasteiger partial charge on any atom is 0.469 e. The fourth-order valence-electron chi connectivity index (χ4n) is 1.19. The van der Waals surface area contributed by atoms with Crippen LogP contribution in [0.15, 0.2) is 12.7 Å². The zero-order valence-electron chi connectivity index (χ0n) is 9.87. The van der Waals surface area contributed by atoms with Crippen molar-refractivity contribution in [3.63, 3.8) is 0 Å². The van der Waals surface area contributed by atoms with Crippen LogP contribution in [0.25, 0.3) is 0 Å². The third-order valence-corrected chi connectivity index (χ3v) is 2.49. The molecule has 1 atom stereocenters. The number of hydrogen-bond acceptors (Lipinski definition) is 4.